The quantitative estimate of drug-likeness (QED) is 0.535. The monoisotopic (exact) mass is 385 g/mol. The van der Waals surface area contributed by atoms with Gasteiger partial charge in [-0.2, -0.15) is 0 Å². The molecule has 1 amide bonds. The molecule has 5 heteroatoms. The number of aromatic nitrogens is 2. The molecule has 0 saturated heterocycles. The number of pyridine rings is 1. The number of phenols is 1. The smallest absolute Gasteiger partial charge is 0.251 e. The Morgan fingerprint density at radius 2 is 1.72 bits per heavy atom. The van der Waals surface area contributed by atoms with E-state index in [1.807, 2.05) is 62.4 Å². The number of hydrogen-bond acceptors (Lipinski definition) is 3. The molecule has 2 aromatic heterocycles. The van der Waals surface area contributed by atoms with Crippen molar-refractivity contribution in [2.75, 3.05) is 0 Å². The molecule has 0 aliphatic heterocycles. The van der Waals surface area contributed by atoms with Crippen LogP contribution in [-0.2, 0) is 13.0 Å². The number of primary amides is 1. The van der Waals surface area contributed by atoms with Gasteiger partial charge in [0.1, 0.15) is 5.75 Å². The van der Waals surface area contributed by atoms with Crippen molar-refractivity contribution in [3.8, 4) is 17.0 Å². The highest BCUT2D eigenvalue weighted by atomic mass is 16.3. The number of phenolic OH excluding ortho intramolecular Hbond substituents is 1. The fourth-order valence-electron chi connectivity index (χ4n) is 3.94. The van der Waals surface area contributed by atoms with Gasteiger partial charge < -0.3 is 15.4 Å². The lowest BCUT2D eigenvalue weighted by molar-refractivity contribution is 0.1000. The van der Waals surface area contributed by atoms with Crippen molar-refractivity contribution in [3.05, 3.63) is 83.2 Å². The molecule has 146 valence electrons. The number of hydrogen-bond donors (Lipinski definition) is 2. The molecule has 0 fully saturated rings. The number of amides is 1. The molecular formula is C24H23N3O2. The molecule has 0 spiro atoms. The average Bonchev–Trinajstić information content (AvgIpc) is 2.97. The van der Waals surface area contributed by atoms with E-state index in [2.05, 4.69) is 4.57 Å². The summed E-state index contributed by atoms with van der Waals surface area (Å²) in [5.41, 5.74) is 11.6. The van der Waals surface area contributed by atoms with Crippen LogP contribution >= 0.6 is 0 Å². The molecule has 0 aliphatic carbocycles. The molecule has 29 heavy (non-hydrogen) atoms. The first-order valence-electron chi connectivity index (χ1n) is 9.59. The van der Waals surface area contributed by atoms with Gasteiger partial charge in [0.25, 0.3) is 5.91 Å². The van der Waals surface area contributed by atoms with Gasteiger partial charge in [-0.05, 0) is 50.1 Å². The molecule has 0 bridgehead atoms. The van der Waals surface area contributed by atoms with E-state index < -0.39 is 5.91 Å². The molecule has 0 radical (unpaired) electrons. The highest BCUT2D eigenvalue weighted by Gasteiger charge is 2.23. The standard InChI is InChI=1S/C24H23N3O2/c1-15-22(21-12-9-18-5-3-4-6-20(18)26-21)23(24(25)29)16(2)27(15)14-13-17-7-10-19(28)11-8-17/h3-12,28H,13-14H2,1-2H3,(H2,25,29). The second-order valence-corrected chi connectivity index (χ2v) is 7.24. The molecule has 0 saturated carbocycles. The highest BCUT2D eigenvalue weighted by molar-refractivity contribution is 6.02. The third kappa shape index (κ3) is 3.47. The molecule has 0 unspecified atom stereocenters. The Bertz CT molecular complexity index is 1210. The Morgan fingerprint density at radius 3 is 2.45 bits per heavy atom. The molecule has 0 aliphatic rings. The first kappa shape index (κ1) is 18.7. The lowest BCUT2D eigenvalue weighted by Gasteiger charge is -2.10. The Morgan fingerprint density at radius 1 is 1.00 bits per heavy atom. The van der Waals surface area contributed by atoms with Crippen LogP contribution in [0.4, 0.5) is 0 Å². The molecule has 2 heterocycles. The van der Waals surface area contributed by atoms with Crippen LogP contribution < -0.4 is 5.73 Å². The predicted molar refractivity (Wildman–Crippen MR) is 115 cm³/mol. The zero-order valence-electron chi connectivity index (χ0n) is 16.5. The van der Waals surface area contributed by atoms with E-state index in [-0.39, 0.29) is 5.75 Å². The van der Waals surface area contributed by atoms with Crippen molar-refractivity contribution in [1.29, 1.82) is 0 Å². The van der Waals surface area contributed by atoms with E-state index in [0.717, 1.165) is 45.5 Å². The number of carbonyl (C=O) groups is 1. The van der Waals surface area contributed by atoms with Gasteiger partial charge in [0.2, 0.25) is 0 Å². The number of nitrogens with two attached hydrogens (primary N) is 1. The van der Waals surface area contributed by atoms with E-state index in [0.29, 0.717) is 12.1 Å². The number of nitrogens with zero attached hydrogens (tertiary/aromatic N) is 2. The van der Waals surface area contributed by atoms with Gasteiger partial charge in [-0.15, -0.1) is 0 Å². The first-order chi connectivity index (χ1) is 14.0. The third-order valence-corrected chi connectivity index (χ3v) is 5.44. The molecule has 3 N–H and O–H groups in total. The summed E-state index contributed by atoms with van der Waals surface area (Å²) < 4.78 is 2.12. The Hall–Kier alpha value is -3.60. The van der Waals surface area contributed by atoms with Crippen LogP contribution in [0.25, 0.3) is 22.2 Å². The van der Waals surface area contributed by atoms with Crippen molar-refractivity contribution < 1.29 is 9.90 Å². The summed E-state index contributed by atoms with van der Waals surface area (Å²) in [6, 6.07) is 19.1. The molecular weight excluding hydrogens is 362 g/mol. The topological polar surface area (TPSA) is 81.1 Å². The summed E-state index contributed by atoms with van der Waals surface area (Å²) in [7, 11) is 0. The number of rotatable bonds is 5. The molecule has 4 aromatic rings. The minimum atomic E-state index is -0.445. The normalized spacial score (nSPS) is 11.1. The van der Waals surface area contributed by atoms with Crippen LogP contribution in [0.5, 0.6) is 5.75 Å². The van der Waals surface area contributed by atoms with E-state index in [9.17, 15) is 9.90 Å². The first-order valence-corrected chi connectivity index (χ1v) is 9.59. The van der Waals surface area contributed by atoms with Gasteiger partial charge >= 0.3 is 0 Å². The van der Waals surface area contributed by atoms with Crippen LogP contribution in [0.3, 0.4) is 0 Å². The van der Waals surface area contributed by atoms with Gasteiger partial charge in [0.05, 0.1) is 16.8 Å². The number of aryl methyl sites for hydroxylation is 1. The Balaban J connectivity index is 1.77. The van der Waals surface area contributed by atoms with E-state index in [4.69, 9.17) is 10.7 Å². The molecule has 5 nitrogen and oxygen atoms in total. The average molecular weight is 385 g/mol. The highest BCUT2D eigenvalue weighted by Crippen LogP contribution is 2.32. The fourth-order valence-corrected chi connectivity index (χ4v) is 3.94. The van der Waals surface area contributed by atoms with Crippen LogP contribution in [-0.4, -0.2) is 20.6 Å². The summed E-state index contributed by atoms with van der Waals surface area (Å²) in [4.78, 5) is 17.1. The number of para-hydroxylation sites is 1. The van der Waals surface area contributed by atoms with Gasteiger partial charge in [-0.1, -0.05) is 36.4 Å². The van der Waals surface area contributed by atoms with Crippen molar-refractivity contribution in [1.82, 2.24) is 9.55 Å². The van der Waals surface area contributed by atoms with Gasteiger partial charge in [-0.3, -0.25) is 4.79 Å². The van der Waals surface area contributed by atoms with Crippen molar-refractivity contribution in [2.45, 2.75) is 26.8 Å². The fraction of sp³-hybridized carbons (Fsp3) is 0.167. The van der Waals surface area contributed by atoms with Crippen molar-refractivity contribution >= 4 is 16.8 Å². The number of benzene rings is 2. The van der Waals surface area contributed by atoms with Crippen molar-refractivity contribution in [2.24, 2.45) is 5.73 Å². The van der Waals surface area contributed by atoms with E-state index in [1.165, 1.54) is 0 Å². The maximum Gasteiger partial charge on any atom is 0.251 e. The van der Waals surface area contributed by atoms with Crippen LogP contribution in [0, 0.1) is 13.8 Å². The number of aromatic hydroxyl groups is 1. The third-order valence-electron chi connectivity index (χ3n) is 5.44. The summed E-state index contributed by atoms with van der Waals surface area (Å²) in [5.74, 6) is -0.193. The lowest BCUT2D eigenvalue weighted by Crippen LogP contribution is -2.14. The summed E-state index contributed by atoms with van der Waals surface area (Å²) in [5, 5.41) is 10.5. The summed E-state index contributed by atoms with van der Waals surface area (Å²) in [6.45, 7) is 4.63. The summed E-state index contributed by atoms with van der Waals surface area (Å²) in [6.07, 6.45) is 0.777. The Kier molecular flexibility index (Phi) is 4.80. The lowest BCUT2D eigenvalue weighted by atomic mass is 10.0. The van der Waals surface area contributed by atoms with Gasteiger partial charge in [-0.25, -0.2) is 4.98 Å². The predicted octanol–water partition coefficient (Wildman–Crippen LogP) is 4.37. The Labute approximate surface area is 169 Å². The molecule has 0 atom stereocenters. The largest absolute Gasteiger partial charge is 0.508 e. The van der Waals surface area contributed by atoms with Gasteiger partial charge in [0, 0.05) is 28.9 Å². The van der Waals surface area contributed by atoms with Crippen LogP contribution in [0.1, 0.15) is 27.3 Å². The second-order valence-electron chi connectivity index (χ2n) is 7.24. The maximum atomic E-state index is 12.3. The molecule has 4 rings (SSSR count). The minimum Gasteiger partial charge on any atom is -0.508 e. The SMILES string of the molecule is Cc1c(C(N)=O)c(-c2ccc3ccccc3n2)c(C)n1CCc1ccc(O)cc1. The summed E-state index contributed by atoms with van der Waals surface area (Å²) >= 11 is 0. The van der Waals surface area contributed by atoms with E-state index >= 15 is 0 Å². The zero-order chi connectivity index (χ0) is 20.5. The van der Waals surface area contributed by atoms with E-state index in [1.54, 1.807) is 12.1 Å². The van der Waals surface area contributed by atoms with Crippen LogP contribution in [0.2, 0.25) is 0 Å². The van der Waals surface area contributed by atoms with Crippen molar-refractivity contribution in [3.63, 3.8) is 0 Å². The zero-order valence-corrected chi connectivity index (χ0v) is 16.5. The second kappa shape index (κ2) is 7.43. The number of carbonyl (C=O) groups excluding carboxylic acids is 1. The van der Waals surface area contributed by atoms with Crippen LogP contribution in [0.15, 0.2) is 60.7 Å². The van der Waals surface area contributed by atoms with Gasteiger partial charge in [0.15, 0.2) is 0 Å². The molecule has 2 aromatic carbocycles. The minimum absolute atomic E-state index is 0.253. The maximum absolute atomic E-state index is 12.3. The number of fused-ring (bicyclic) bond motifs is 1.